The van der Waals surface area contributed by atoms with Gasteiger partial charge in [-0.25, -0.2) is 9.59 Å². The highest BCUT2D eigenvalue weighted by atomic mass is 16.5. The molecule has 3 aromatic rings. The van der Waals surface area contributed by atoms with Crippen LogP contribution in [0.4, 0.5) is 0 Å². The van der Waals surface area contributed by atoms with E-state index in [4.69, 9.17) is 9.15 Å². The summed E-state index contributed by atoms with van der Waals surface area (Å²) in [6.45, 7) is 5.95. The summed E-state index contributed by atoms with van der Waals surface area (Å²) in [6.07, 6.45) is 0.859. The molecule has 0 atom stereocenters. The Hall–Kier alpha value is -2.88. The van der Waals surface area contributed by atoms with Gasteiger partial charge >= 0.3 is 11.6 Å². The zero-order valence-corrected chi connectivity index (χ0v) is 13.9. The average molecular weight is 322 g/mol. The maximum atomic E-state index is 12.3. The molecule has 1 heterocycles. The first-order valence-electron chi connectivity index (χ1n) is 7.84. The van der Waals surface area contributed by atoms with Crippen LogP contribution in [0.3, 0.4) is 0 Å². The number of rotatable bonds is 3. The van der Waals surface area contributed by atoms with Crippen LogP contribution in [0.2, 0.25) is 0 Å². The van der Waals surface area contributed by atoms with E-state index in [9.17, 15) is 9.59 Å². The molecule has 1 aromatic heterocycles. The topological polar surface area (TPSA) is 56.5 Å². The minimum atomic E-state index is -0.712. The van der Waals surface area contributed by atoms with Crippen LogP contribution in [0.5, 0.6) is 5.75 Å². The fourth-order valence-corrected chi connectivity index (χ4v) is 2.47. The van der Waals surface area contributed by atoms with Crippen molar-refractivity contribution >= 4 is 16.9 Å². The molecule has 0 unspecified atom stereocenters. The van der Waals surface area contributed by atoms with Crippen molar-refractivity contribution in [3.63, 3.8) is 0 Å². The molecule has 122 valence electrons. The van der Waals surface area contributed by atoms with Gasteiger partial charge in [0.05, 0.1) is 0 Å². The molecule has 0 radical (unpaired) electrons. The van der Waals surface area contributed by atoms with Gasteiger partial charge in [0.25, 0.3) is 0 Å². The van der Waals surface area contributed by atoms with Crippen molar-refractivity contribution in [2.45, 2.75) is 27.2 Å². The number of esters is 1. The van der Waals surface area contributed by atoms with Crippen molar-refractivity contribution in [3.8, 4) is 5.75 Å². The molecule has 0 N–H and O–H groups in total. The lowest BCUT2D eigenvalue weighted by molar-refractivity contribution is 0.0730. The lowest BCUT2D eigenvalue weighted by atomic mass is 10.1. The molecule has 2 aromatic carbocycles. The molecule has 4 heteroatoms. The summed E-state index contributed by atoms with van der Waals surface area (Å²) in [6, 6.07) is 12.4. The lowest BCUT2D eigenvalue weighted by Crippen LogP contribution is -2.18. The molecule has 0 aliphatic carbocycles. The van der Waals surface area contributed by atoms with E-state index in [1.54, 1.807) is 18.2 Å². The Kier molecular flexibility index (Phi) is 4.21. The molecular formula is C20H18O4. The predicted molar refractivity (Wildman–Crippen MR) is 92.7 cm³/mol. The second-order valence-corrected chi connectivity index (χ2v) is 5.81. The van der Waals surface area contributed by atoms with Crippen LogP contribution in [-0.2, 0) is 6.42 Å². The van der Waals surface area contributed by atoms with Gasteiger partial charge in [-0.3, -0.25) is 0 Å². The van der Waals surface area contributed by atoms with Gasteiger partial charge in [-0.2, -0.15) is 0 Å². The minimum Gasteiger partial charge on any atom is -0.423 e. The van der Waals surface area contributed by atoms with Gasteiger partial charge in [0.2, 0.25) is 0 Å². The van der Waals surface area contributed by atoms with E-state index >= 15 is 0 Å². The van der Waals surface area contributed by atoms with E-state index in [-0.39, 0.29) is 5.56 Å². The van der Waals surface area contributed by atoms with E-state index in [0.29, 0.717) is 16.7 Å². The summed E-state index contributed by atoms with van der Waals surface area (Å²) < 4.78 is 10.6. The third-order valence-electron chi connectivity index (χ3n) is 4.11. The summed E-state index contributed by atoms with van der Waals surface area (Å²) >= 11 is 0. The van der Waals surface area contributed by atoms with Crippen LogP contribution >= 0.6 is 0 Å². The van der Waals surface area contributed by atoms with Gasteiger partial charge in [-0.05, 0) is 67.3 Å². The first kappa shape index (κ1) is 16.0. The number of carbonyl (C=O) groups excluding carboxylic acids is 1. The van der Waals surface area contributed by atoms with Crippen LogP contribution in [-0.4, -0.2) is 5.97 Å². The number of benzene rings is 2. The smallest absolute Gasteiger partial charge is 0.351 e. The predicted octanol–water partition coefficient (Wildman–Crippen LogP) is 4.19. The van der Waals surface area contributed by atoms with Crippen LogP contribution in [0, 0.1) is 13.8 Å². The number of fused-ring (bicyclic) bond motifs is 1. The highest BCUT2D eigenvalue weighted by Gasteiger charge is 2.16. The van der Waals surface area contributed by atoms with Crippen LogP contribution in [0.15, 0.2) is 51.7 Å². The van der Waals surface area contributed by atoms with Crippen LogP contribution in [0.25, 0.3) is 11.0 Å². The number of hydrogen-bond acceptors (Lipinski definition) is 4. The van der Waals surface area contributed by atoms with Crippen molar-refractivity contribution in [2.24, 2.45) is 0 Å². The lowest BCUT2D eigenvalue weighted by Gasteiger charge is -2.07. The highest BCUT2D eigenvalue weighted by Crippen LogP contribution is 2.19. The number of ether oxygens (including phenoxy) is 1. The second-order valence-electron chi connectivity index (χ2n) is 5.81. The Balaban J connectivity index is 1.97. The first-order valence-corrected chi connectivity index (χ1v) is 7.84. The summed E-state index contributed by atoms with van der Waals surface area (Å²) in [5.41, 5.74) is 2.88. The van der Waals surface area contributed by atoms with Crippen molar-refractivity contribution in [1.82, 2.24) is 0 Å². The molecule has 3 rings (SSSR count). The third-order valence-corrected chi connectivity index (χ3v) is 4.11. The zero-order valence-electron chi connectivity index (χ0n) is 13.9. The molecule has 0 amide bonds. The number of carbonyl (C=O) groups is 1. The molecule has 0 bridgehead atoms. The van der Waals surface area contributed by atoms with Gasteiger partial charge in [-0.1, -0.05) is 19.1 Å². The summed E-state index contributed by atoms with van der Waals surface area (Å²) in [5, 5.41) is 0.709. The molecular weight excluding hydrogens is 304 g/mol. The van der Waals surface area contributed by atoms with E-state index in [1.807, 2.05) is 39.0 Å². The molecule has 0 aliphatic heterocycles. The molecule has 0 spiro atoms. The fraction of sp³-hybridized carbons (Fsp3) is 0.200. The second kappa shape index (κ2) is 6.32. The molecule has 0 saturated carbocycles. The third kappa shape index (κ3) is 3.08. The zero-order chi connectivity index (χ0) is 17.3. The van der Waals surface area contributed by atoms with E-state index in [0.717, 1.165) is 23.1 Å². The summed E-state index contributed by atoms with van der Waals surface area (Å²) in [4.78, 5) is 24.4. The van der Waals surface area contributed by atoms with Crippen LogP contribution in [0.1, 0.15) is 34.0 Å². The van der Waals surface area contributed by atoms with Gasteiger partial charge in [0.15, 0.2) is 0 Å². The summed E-state index contributed by atoms with van der Waals surface area (Å²) in [5.74, 6) is -0.305. The molecule has 0 saturated heterocycles. The number of hydrogen-bond donors (Lipinski definition) is 0. The Morgan fingerprint density at radius 2 is 1.83 bits per heavy atom. The van der Waals surface area contributed by atoms with Crippen molar-refractivity contribution in [3.05, 3.63) is 75.1 Å². The monoisotopic (exact) mass is 322 g/mol. The molecule has 24 heavy (non-hydrogen) atoms. The normalized spacial score (nSPS) is 10.8. The van der Waals surface area contributed by atoms with Crippen molar-refractivity contribution in [2.75, 3.05) is 0 Å². The fourth-order valence-electron chi connectivity index (χ4n) is 2.47. The average Bonchev–Trinajstić information content (AvgIpc) is 2.57. The van der Waals surface area contributed by atoms with E-state index in [2.05, 4.69) is 0 Å². The van der Waals surface area contributed by atoms with E-state index < -0.39 is 11.6 Å². The maximum absolute atomic E-state index is 12.3. The first-order chi connectivity index (χ1) is 11.5. The quantitative estimate of drug-likeness (QED) is 0.412. The van der Waals surface area contributed by atoms with Gasteiger partial charge in [0, 0.05) is 5.39 Å². The minimum absolute atomic E-state index is 0.103. The number of aryl methyl sites for hydroxylation is 3. The Labute approximate surface area is 139 Å². The Morgan fingerprint density at radius 3 is 2.54 bits per heavy atom. The molecule has 0 aliphatic rings. The largest absolute Gasteiger partial charge is 0.423 e. The van der Waals surface area contributed by atoms with Crippen molar-refractivity contribution in [1.29, 1.82) is 0 Å². The van der Waals surface area contributed by atoms with Gasteiger partial charge in [-0.15, -0.1) is 0 Å². The Bertz CT molecular complexity index is 983. The van der Waals surface area contributed by atoms with Gasteiger partial charge in [0.1, 0.15) is 16.9 Å². The highest BCUT2D eigenvalue weighted by molar-refractivity contribution is 5.94. The van der Waals surface area contributed by atoms with E-state index in [1.165, 1.54) is 6.07 Å². The Morgan fingerprint density at radius 1 is 1.04 bits per heavy atom. The molecule has 0 fully saturated rings. The maximum Gasteiger partial charge on any atom is 0.351 e. The SMILES string of the molecule is CCc1ccc2oc(=O)c(C(=O)Oc3ccc(C)c(C)c3)cc2c1. The van der Waals surface area contributed by atoms with Gasteiger partial charge < -0.3 is 9.15 Å². The van der Waals surface area contributed by atoms with Crippen LogP contribution < -0.4 is 10.4 Å². The summed E-state index contributed by atoms with van der Waals surface area (Å²) in [7, 11) is 0. The standard InChI is InChI=1S/C20H18O4/c1-4-14-6-8-18-15(10-14)11-17(20(22)24-18)19(21)23-16-7-5-12(2)13(3)9-16/h5-11H,4H2,1-3H3. The molecule has 4 nitrogen and oxygen atoms in total. The van der Waals surface area contributed by atoms with Crippen molar-refractivity contribution < 1.29 is 13.9 Å².